The summed E-state index contributed by atoms with van der Waals surface area (Å²) >= 11 is 1.08. The predicted molar refractivity (Wildman–Crippen MR) is 89.0 cm³/mol. The average Bonchev–Trinajstić information content (AvgIpc) is 2.94. The van der Waals surface area contributed by atoms with Gasteiger partial charge in [0.2, 0.25) is 0 Å². The summed E-state index contributed by atoms with van der Waals surface area (Å²) in [4.78, 5) is 33.0. The minimum atomic E-state index is -4.68. The van der Waals surface area contributed by atoms with Crippen molar-refractivity contribution in [3.05, 3.63) is 23.7 Å². The highest BCUT2D eigenvalue weighted by Crippen LogP contribution is 2.23. The molecule has 136 valence electrons. The van der Waals surface area contributed by atoms with E-state index in [0.29, 0.717) is 0 Å². The van der Waals surface area contributed by atoms with Crippen LogP contribution in [0.2, 0.25) is 0 Å². The lowest BCUT2D eigenvalue weighted by Crippen LogP contribution is -2.71. The number of carbonyl (C=O) groups excluding carboxylic acids is 2. The third-order valence-electron chi connectivity index (χ3n) is 3.20. The van der Waals surface area contributed by atoms with E-state index in [2.05, 4.69) is 22.0 Å². The standard InChI is InChI=1S/C12H15N5O6S2/c1-3-4-23-16-9(7-5-24-12(13)14-7)10(18)15-8-6(2)17(11(8)19)25(20,21)22/h3,5-6,8H,1,4H2,2H3,(H2,13,14)(H,15,18)(H,20,21,22). The molecular weight excluding hydrogens is 374 g/mol. The van der Waals surface area contributed by atoms with Crippen molar-refractivity contribution in [1.82, 2.24) is 14.6 Å². The van der Waals surface area contributed by atoms with Crippen molar-refractivity contribution in [3.8, 4) is 0 Å². The number of nitrogen functional groups attached to an aromatic ring is 1. The number of oxime groups is 1. The van der Waals surface area contributed by atoms with Gasteiger partial charge >= 0.3 is 10.3 Å². The molecule has 2 atom stereocenters. The highest BCUT2D eigenvalue weighted by Gasteiger charge is 2.51. The van der Waals surface area contributed by atoms with Gasteiger partial charge in [0, 0.05) is 5.38 Å². The topological polar surface area (TPSA) is 164 Å². The monoisotopic (exact) mass is 389 g/mol. The third-order valence-corrected chi connectivity index (χ3v) is 4.88. The summed E-state index contributed by atoms with van der Waals surface area (Å²) in [6.45, 7) is 4.83. The number of nitrogens with zero attached hydrogens (tertiary/aromatic N) is 3. The van der Waals surface area contributed by atoms with Gasteiger partial charge in [0.25, 0.3) is 11.8 Å². The van der Waals surface area contributed by atoms with Gasteiger partial charge in [-0.25, -0.2) is 9.29 Å². The van der Waals surface area contributed by atoms with Crippen LogP contribution >= 0.6 is 11.3 Å². The lowest BCUT2D eigenvalue weighted by atomic mass is 10.0. The van der Waals surface area contributed by atoms with Gasteiger partial charge in [-0.2, -0.15) is 8.42 Å². The van der Waals surface area contributed by atoms with Gasteiger partial charge in [0.05, 0.1) is 6.04 Å². The number of β-lactam (4-membered cyclic amide) rings is 1. The molecule has 1 aliphatic heterocycles. The molecule has 0 bridgehead atoms. The molecule has 11 nitrogen and oxygen atoms in total. The second-order valence-electron chi connectivity index (χ2n) is 4.90. The van der Waals surface area contributed by atoms with Gasteiger partial charge in [-0.1, -0.05) is 17.8 Å². The Morgan fingerprint density at radius 1 is 1.68 bits per heavy atom. The van der Waals surface area contributed by atoms with E-state index >= 15 is 0 Å². The molecule has 1 saturated heterocycles. The van der Waals surface area contributed by atoms with Crippen LogP contribution in [0.3, 0.4) is 0 Å². The van der Waals surface area contributed by atoms with E-state index in [4.69, 9.17) is 15.1 Å². The van der Waals surface area contributed by atoms with Crippen molar-refractivity contribution in [2.45, 2.75) is 19.0 Å². The Labute approximate surface area is 147 Å². The van der Waals surface area contributed by atoms with Crippen LogP contribution in [-0.2, 0) is 24.7 Å². The van der Waals surface area contributed by atoms with Crippen molar-refractivity contribution in [2.24, 2.45) is 5.16 Å². The smallest absolute Gasteiger partial charge is 0.362 e. The molecule has 1 aromatic heterocycles. The van der Waals surface area contributed by atoms with E-state index in [9.17, 15) is 18.0 Å². The quantitative estimate of drug-likeness (QED) is 0.135. The highest BCUT2D eigenvalue weighted by molar-refractivity contribution is 7.84. The molecule has 2 heterocycles. The number of hydrogen-bond acceptors (Lipinski definition) is 9. The highest BCUT2D eigenvalue weighted by atomic mass is 32.2. The summed E-state index contributed by atoms with van der Waals surface area (Å²) in [5, 5.41) is 7.66. The fourth-order valence-electron chi connectivity index (χ4n) is 2.07. The Morgan fingerprint density at radius 2 is 2.36 bits per heavy atom. The number of aromatic nitrogens is 1. The van der Waals surface area contributed by atoms with E-state index < -0.39 is 34.2 Å². The zero-order chi connectivity index (χ0) is 18.8. The third kappa shape index (κ3) is 3.94. The zero-order valence-corrected chi connectivity index (χ0v) is 14.6. The molecule has 2 unspecified atom stereocenters. The molecule has 2 amide bonds. The summed E-state index contributed by atoms with van der Waals surface area (Å²) in [6, 6.07) is -2.10. The van der Waals surface area contributed by atoms with Gasteiger partial charge in [0.15, 0.2) is 10.8 Å². The van der Waals surface area contributed by atoms with Crippen molar-refractivity contribution in [3.63, 3.8) is 0 Å². The van der Waals surface area contributed by atoms with Crippen LogP contribution in [0.1, 0.15) is 12.6 Å². The average molecular weight is 389 g/mol. The van der Waals surface area contributed by atoms with Gasteiger partial charge in [0.1, 0.15) is 18.3 Å². The first-order valence-electron chi connectivity index (χ1n) is 6.80. The molecule has 0 spiro atoms. The van der Waals surface area contributed by atoms with Gasteiger partial charge in [-0.05, 0) is 6.92 Å². The number of amides is 2. The molecule has 1 aromatic rings. The van der Waals surface area contributed by atoms with Crippen molar-refractivity contribution in [2.75, 3.05) is 12.3 Å². The second-order valence-corrected chi connectivity index (χ2v) is 7.08. The molecule has 0 aromatic carbocycles. The number of nitrogens with two attached hydrogens (primary N) is 1. The maximum Gasteiger partial charge on any atom is 0.362 e. The number of anilines is 1. The van der Waals surface area contributed by atoms with Crippen LogP contribution in [0.5, 0.6) is 0 Å². The SMILES string of the molecule is C=CCON=C(C(=O)NC1C(=O)N(S(=O)(=O)O)C1C)c1csc(N)n1. The number of rotatable bonds is 7. The number of nitrogens with one attached hydrogen (secondary N) is 1. The molecule has 0 aliphatic carbocycles. The number of carbonyl (C=O) groups is 2. The second kappa shape index (κ2) is 7.16. The van der Waals surface area contributed by atoms with Crippen LogP contribution in [-0.4, -0.2) is 58.5 Å². The Morgan fingerprint density at radius 3 is 2.84 bits per heavy atom. The van der Waals surface area contributed by atoms with E-state index in [1.807, 2.05) is 0 Å². The van der Waals surface area contributed by atoms with Crippen molar-refractivity contribution in [1.29, 1.82) is 0 Å². The fourth-order valence-corrected chi connectivity index (χ4v) is 3.50. The Hall–Kier alpha value is -2.51. The molecule has 0 saturated carbocycles. The summed E-state index contributed by atoms with van der Waals surface area (Å²) in [5.41, 5.74) is 5.43. The van der Waals surface area contributed by atoms with E-state index in [-0.39, 0.29) is 27.4 Å². The summed E-state index contributed by atoms with van der Waals surface area (Å²) in [6.07, 6.45) is 1.41. The molecule has 25 heavy (non-hydrogen) atoms. The first-order chi connectivity index (χ1) is 11.7. The maximum absolute atomic E-state index is 12.4. The van der Waals surface area contributed by atoms with E-state index in [1.165, 1.54) is 18.4 Å². The minimum absolute atomic E-state index is 0.0334. The predicted octanol–water partition coefficient (Wildman–Crippen LogP) is -0.850. The normalized spacial score (nSPS) is 20.8. The van der Waals surface area contributed by atoms with Crippen molar-refractivity contribution < 1.29 is 27.4 Å². The number of hydrogen-bond donors (Lipinski definition) is 3. The molecule has 1 fully saturated rings. The maximum atomic E-state index is 12.4. The Bertz CT molecular complexity index is 833. The van der Waals surface area contributed by atoms with E-state index in [1.54, 1.807) is 0 Å². The molecule has 0 radical (unpaired) electrons. The lowest BCUT2D eigenvalue weighted by Gasteiger charge is -2.42. The lowest BCUT2D eigenvalue weighted by molar-refractivity contribution is -0.143. The largest absolute Gasteiger partial charge is 0.391 e. The summed E-state index contributed by atoms with van der Waals surface area (Å²) < 4.78 is 31.4. The first-order valence-corrected chi connectivity index (χ1v) is 9.08. The van der Waals surface area contributed by atoms with Gasteiger partial charge in [-0.15, -0.1) is 11.3 Å². The van der Waals surface area contributed by atoms with Crippen LogP contribution in [0.25, 0.3) is 0 Å². The van der Waals surface area contributed by atoms with Crippen molar-refractivity contribution >= 4 is 44.3 Å². The molecule has 2 rings (SSSR count). The molecule has 4 N–H and O–H groups in total. The zero-order valence-electron chi connectivity index (χ0n) is 12.9. The molecular formula is C12H15N5O6S2. The van der Waals surface area contributed by atoms with Gasteiger partial charge < -0.3 is 15.9 Å². The fraction of sp³-hybridized carbons (Fsp3) is 0.333. The van der Waals surface area contributed by atoms with Crippen LogP contribution in [0.4, 0.5) is 5.13 Å². The summed E-state index contributed by atoms with van der Waals surface area (Å²) in [7, 11) is -4.68. The summed E-state index contributed by atoms with van der Waals surface area (Å²) in [5.74, 6) is -1.78. The first kappa shape index (κ1) is 18.8. The van der Waals surface area contributed by atoms with E-state index in [0.717, 1.165) is 11.3 Å². The molecule has 13 heteroatoms. The Balaban J connectivity index is 2.17. The Kier molecular flexibility index (Phi) is 5.39. The van der Waals surface area contributed by atoms with Crippen LogP contribution in [0.15, 0.2) is 23.2 Å². The van der Waals surface area contributed by atoms with Crippen LogP contribution in [0, 0.1) is 0 Å². The minimum Gasteiger partial charge on any atom is -0.391 e. The van der Waals surface area contributed by atoms with Crippen LogP contribution < -0.4 is 11.1 Å². The van der Waals surface area contributed by atoms with Gasteiger partial charge in [-0.3, -0.25) is 14.1 Å². The number of thiazole rings is 1. The molecule has 1 aliphatic rings.